The topological polar surface area (TPSA) is 83.4 Å². The van der Waals surface area contributed by atoms with Crippen LogP contribution < -0.4 is 14.2 Å². The van der Waals surface area contributed by atoms with E-state index in [0.29, 0.717) is 33.5 Å². The fourth-order valence-electron chi connectivity index (χ4n) is 3.29. The highest BCUT2D eigenvalue weighted by Crippen LogP contribution is 2.44. The lowest BCUT2D eigenvalue weighted by Crippen LogP contribution is -1.96. The highest BCUT2D eigenvalue weighted by Gasteiger charge is 2.20. The Morgan fingerprint density at radius 2 is 1.59 bits per heavy atom. The van der Waals surface area contributed by atoms with Gasteiger partial charge in [-0.1, -0.05) is 15.9 Å². The van der Waals surface area contributed by atoms with Gasteiger partial charge in [-0.05, 0) is 48.6 Å². The van der Waals surface area contributed by atoms with Gasteiger partial charge in [0.1, 0.15) is 11.3 Å². The number of aromatic nitrogens is 3. The van der Waals surface area contributed by atoms with Crippen molar-refractivity contribution in [2.45, 2.75) is 0 Å². The van der Waals surface area contributed by atoms with Crippen LogP contribution in [0.3, 0.4) is 0 Å². The summed E-state index contributed by atoms with van der Waals surface area (Å²) in [6.45, 7) is 0. The van der Waals surface area contributed by atoms with Gasteiger partial charge in [-0.15, -0.1) is 11.3 Å². The summed E-state index contributed by atoms with van der Waals surface area (Å²) in [6, 6.07) is 10.9. The van der Waals surface area contributed by atoms with E-state index in [4.69, 9.17) is 19.2 Å². The number of thiazole rings is 1. The molecule has 0 spiro atoms. The molecular formula is C25H20BrN3O4S. The van der Waals surface area contributed by atoms with Crippen LogP contribution in [0, 0.1) is 0 Å². The summed E-state index contributed by atoms with van der Waals surface area (Å²) < 4.78 is 17.4. The van der Waals surface area contributed by atoms with Gasteiger partial charge in [0.15, 0.2) is 17.3 Å². The lowest BCUT2D eigenvalue weighted by Gasteiger charge is -2.14. The molecule has 0 fully saturated rings. The van der Waals surface area contributed by atoms with Gasteiger partial charge < -0.3 is 14.2 Å². The van der Waals surface area contributed by atoms with Gasteiger partial charge >= 0.3 is 0 Å². The van der Waals surface area contributed by atoms with E-state index in [-0.39, 0.29) is 5.78 Å². The average molecular weight is 538 g/mol. The Morgan fingerprint density at radius 1 is 0.941 bits per heavy atom. The molecule has 0 radical (unpaired) electrons. The standard InChI is InChI=1S/C25H20BrN3O4S/c1-31-20-10-16(11-21(32-2)24(20)33-3)23-25(17-12-27-14-28-13-17)34-22(29-23)9-8-19(30)15-4-6-18(26)7-5-15/h4-14H,1-3H3/b9-8+. The summed E-state index contributed by atoms with van der Waals surface area (Å²) in [6.07, 6.45) is 8.16. The number of halogens is 1. The molecule has 172 valence electrons. The van der Waals surface area contributed by atoms with Gasteiger partial charge in [0.25, 0.3) is 0 Å². The second-order valence-corrected chi connectivity index (χ2v) is 8.92. The number of allylic oxidation sites excluding steroid dienone is 1. The van der Waals surface area contributed by atoms with Crippen molar-refractivity contribution in [3.05, 3.63) is 76.2 Å². The van der Waals surface area contributed by atoms with Crippen molar-refractivity contribution in [2.75, 3.05) is 21.3 Å². The number of ether oxygens (including phenoxy) is 3. The Balaban J connectivity index is 1.78. The van der Waals surface area contributed by atoms with E-state index < -0.39 is 0 Å². The van der Waals surface area contributed by atoms with Crippen molar-refractivity contribution < 1.29 is 19.0 Å². The second-order valence-electron chi connectivity index (χ2n) is 6.98. The summed E-state index contributed by atoms with van der Waals surface area (Å²) in [7, 11) is 4.69. The van der Waals surface area contributed by atoms with Crippen LogP contribution in [0.1, 0.15) is 15.4 Å². The molecule has 9 heteroatoms. The summed E-state index contributed by atoms with van der Waals surface area (Å²) in [5.74, 6) is 1.42. The average Bonchev–Trinajstić information content (AvgIpc) is 3.31. The third-order valence-electron chi connectivity index (χ3n) is 4.91. The number of rotatable bonds is 8. The van der Waals surface area contributed by atoms with E-state index in [1.807, 2.05) is 24.3 Å². The van der Waals surface area contributed by atoms with Crippen LogP contribution in [0.5, 0.6) is 17.2 Å². The fourth-order valence-corrected chi connectivity index (χ4v) is 4.52. The van der Waals surface area contributed by atoms with E-state index in [2.05, 4.69) is 25.9 Å². The lowest BCUT2D eigenvalue weighted by atomic mass is 10.1. The third kappa shape index (κ3) is 5.00. The third-order valence-corrected chi connectivity index (χ3v) is 6.51. The van der Waals surface area contributed by atoms with Crippen molar-refractivity contribution in [1.82, 2.24) is 15.0 Å². The van der Waals surface area contributed by atoms with Gasteiger partial charge in [-0.2, -0.15) is 0 Å². The molecule has 0 aliphatic rings. The largest absolute Gasteiger partial charge is 0.493 e. The zero-order chi connectivity index (χ0) is 24.1. The van der Waals surface area contributed by atoms with Gasteiger partial charge in [-0.3, -0.25) is 4.79 Å². The first-order valence-corrected chi connectivity index (χ1v) is 11.7. The lowest BCUT2D eigenvalue weighted by molar-refractivity contribution is 0.104. The molecule has 0 saturated heterocycles. The number of hydrogen-bond donors (Lipinski definition) is 0. The Hall–Kier alpha value is -3.56. The van der Waals surface area contributed by atoms with Crippen LogP contribution in [0.25, 0.3) is 27.8 Å². The van der Waals surface area contributed by atoms with E-state index in [1.54, 1.807) is 51.9 Å². The molecule has 2 aromatic carbocycles. The molecule has 4 rings (SSSR count). The zero-order valence-corrected chi connectivity index (χ0v) is 21.0. The fraction of sp³-hybridized carbons (Fsp3) is 0.120. The van der Waals surface area contributed by atoms with Crippen LogP contribution in [0.2, 0.25) is 0 Å². The molecule has 0 bridgehead atoms. The van der Waals surface area contributed by atoms with Crippen molar-refractivity contribution in [3.63, 3.8) is 0 Å². The molecule has 2 aromatic heterocycles. The van der Waals surface area contributed by atoms with Gasteiger partial charge in [0, 0.05) is 33.6 Å². The Bertz CT molecular complexity index is 1310. The summed E-state index contributed by atoms with van der Waals surface area (Å²) in [4.78, 5) is 26.6. The highest BCUT2D eigenvalue weighted by molar-refractivity contribution is 9.10. The van der Waals surface area contributed by atoms with Crippen LogP contribution in [-0.2, 0) is 0 Å². The number of carbonyl (C=O) groups is 1. The Labute approximate surface area is 209 Å². The Kier molecular flexibility index (Phi) is 7.34. The first-order chi connectivity index (χ1) is 16.5. The van der Waals surface area contributed by atoms with Gasteiger partial charge in [0.05, 0.1) is 31.9 Å². The molecule has 0 amide bonds. The number of benzene rings is 2. The van der Waals surface area contributed by atoms with E-state index >= 15 is 0 Å². The summed E-state index contributed by atoms with van der Waals surface area (Å²) >= 11 is 4.81. The monoisotopic (exact) mass is 537 g/mol. The number of hydrogen-bond acceptors (Lipinski definition) is 8. The minimum absolute atomic E-state index is 0.110. The van der Waals surface area contributed by atoms with Crippen molar-refractivity contribution in [3.8, 4) is 38.9 Å². The molecule has 4 aromatic rings. The zero-order valence-electron chi connectivity index (χ0n) is 18.6. The number of carbonyl (C=O) groups excluding carboxylic acids is 1. The van der Waals surface area contributed by atoms with Crippen LogP contribution in [0.4, 0.5) is 0 Å². The molecule has 34 heavy (non-hydrogen) atoms. The number of ketones is 1. The predicted octanol–water partition coefficient (Wildman–Crippen LogP) is 5.95. The maximum atomic E-state index is 12.6. The first kappa shape index (κ1) is 23.6. The van der Waals surface area contributed by atoms with Crippen molar-refractivity contribution in [1.29, 1.82) is 0 Å². The maximum Gasteiger partial charge on any atom is 0.203 e. The molecule has 0 saturated carbocycles. The SMILES string of the molecule is COc1cc(-c2nc(/C=C/C(=O)c3ccc(Br)cc3)sc2-c2cncnc2)cc(OC)c1OC. The second kappa shape index (κ2) is 10.6. The van der Waals surface area contributed by atoms with Crippen molar-refractivity contribution in [2.24, 2.45) is 0 Å². The maximum absolute atomic E-state index is 12.6. The van der Waals surface area contributed by atoms with E-state index in [0.717, 1.165) is 20.5 Å². The molecule has 2 heterocycles. The summed E-state index contributed by atoms with van der Waals surface area (Å²) in [5, 5.41) is 0.660. The quantitative estimate of drug-likeness (QED) is 0.203. The molecule has 0 N–H and O–H groups in total. The molecule has 7 nitrogen and oxygen atoms in total. The van der Waals surface area contributed by atoms with Crippen molar-refractivity contribution >= 4 is 39.1 Å². The van der Waals surface area contributed by atoms with Crippen LogP contribution in [0.15, 0.2) is 65.7 Å². The first-order valence-electron chi connectivity index (χ1n) is 10.1. The smallest absolute Gasteiger partial charge is 0.203 e. The minimum atomic E-state index is -0.110. The Morgan fingerprint density at radius 3 is 2.18 bits per heavy atom. The number of nitrogens with zero attached hydrogens (tertiary/aromatic N) is 3. The number of methoxy groups -OCH3 is 3. The predicted molar refractivity (Wildman–Crippen MR) is 136 cm³/mol. The van der Waals surface area contributed by atoms with E-state index in [1.165, 1.54) is 23.7 Å². The van der Waals surface area contributed by atoms with Gasteiger partial charge in [-0.25, -0.2) is 15.0 Å². The molecular weight excluding hydrogens is 518 g/mol. The normalized spacial score (nSPS) is 10.9. The minimum Gasteiger partial charge on any atom is -0.493 e. The highest BCUT2D eigenvalue weighted by atomic mass is 79.9. The molecule has 0 aliphatic carbocycles. The molecule has 0 unspecified atom stereocenters. The van der Waals surface area contributed by atoms with Crippen LogP contribution >= 0.6 is 27.3 Å². The van der Waals surface area contributed by atoms with E-state index in [9.17, 15) is 4.79 Å². The summed E-state index contributed by atoms with van der Waals surface area (Å²) in [5.41, 5.74) is 2.86. The molecule has 0 atom stereocenters. The molecule has 0 aliphatic heterocycles. The van der Waals surface area contributed by atoms with Gasteiger partial charge in [0.2, 0.25) is 5.75 Å². The van der Waals surface area contributed by atoms with Crippen LogP contribution in [-0.4, -0.2) is 42.1 Å².